The van der Waals surface area contributed by atoms with Crippen molar-refractivity contribution >= 4 is 16.9 Å². The van der Waals surface area contributed by atoms with E-state index in [9.17, 15) is 4.79 Å². The Morgan fingerprint density at radius 1 is 0.968 bits per heavy atom. The highest BCUT2D eigenvalue weighted by atomic mass is 16.3. The molecule has 0 fully saturated rings. The van der Waals surface area contributed by atoms with E-state index in [1.54, 1.807) is 12.5 Å². The molecule has 0 spiro atoms. The largest absolute Gasteiger partial charge is 0.444 e. The van der Waals surface area contributed by atoms with Crippen LogP contribution in [0.1, 0.15) is 11.3 Å². The van der Waals surface area contributed by atoms with Crippen LogP contribution in [0.5, 0.6) is 0 Å². The van der Waals surface area contributed by atoms with Gasteiger partial charge < -0.3 is 9.73 Å². The summed E-state index contributed by atoms with van der Waals surface area (Å²) >= 11 is 0. The van der Waals surface area contributed by atoms with E-state index in [-0.39, 0.29) is 12.3 Å². The summed E-state index contributed by atoms with van der Waals surface area (Å²) < 4.78 is 7.42. The molecule has 5 rings (SSSR count). The summed E-state index contributed by atoms with van der Waals surface area (Å²) in [5.41, 5.74) is 4.30. The number of hydrogen-bond acceptors (Lipinski definition) is 5. The number of oxazole rings is 1. The first-order chi connectivity index (χ1) is 15.3. The predicted octanol–water partition coefficient (Wildman–Crippen LogP) is 3.93. The normalized spacial score (nSPS) is 11.0. The molecule has 3 aromatic heterocycles. The molecule has 0 bridgehead atoms. The van der Waals surface area contributed by atoms with E-state index < -0.39 is 0 Å². The fourth-order valence-corrected chi connectivity index (χ4v) is 3.33. The Morgan fingerprint density at radius 2 is 1.81 bits per heavy atom. The quantitative estimate of drug-likeness (QED) is 0.459. The molecule has 3 heterocycles. The molecule has 0 unspecified atom stereocenters. The number of imidazole rings is 1. The highest BCUT2D eigenvalue weighted by Gasteiger charge is 2.11. The van der Waals surface area contributed by atoms with Crippen LogP contribution in [0.2, 0.25) is 0 Å². The van der Waals surface area contributed by atoms with E-state index >= 15 is 0 Å². The molecule has 5 aromatic rings. The second-order valence-electron chi connectivity index (χ2n) is 7.09. The summed E-state index contributed by atoms with van der Waals surface area (Å²) in [7, 11) is 0. The summed E-state index contributed by atoms with van der Waals surface area (Å²) in [6.07, 6.45) is 5.20. The zero-order chi connectivity index (χ0) is 21.0. The minimum atomic E-state index is -0.127. The number of fused-ring (bicyclic) bond motifs is 1. The van der Waals surface area contributed by atoms with Gasteiger partial charge in [-0.15, -0.1) is 0 Å². The van der Waals surface area contributed by atoms with Gasteiger partial charge in [-0.1, -0.05) is 36.4 Å². The third-order valence-corrected chi connectivity index (χ3v) is 4.91. The van der Waals surface area contributed by atoms with E-state index in [4.69, 9.17) is 4.42 Å². The van der Waals surface area contributed by atoms with Crippen LogP contribution >= 0.6 is 0 Å². The number of carbonyl (C=O) groups is 1. The zero-order valence-electron chi connectivity index (χ0n) is 16.6. The molecular weight excluding hydrogens is 390 g/mol. The lowest BCUT2D eigenvalue weighted by Crippen LogP contribution is -2.24. The first-order valence-corrected chi connectivity index (χ1v) is 9.90. The molecular formula is C24H19N5O2. The maximum Gasteiger partial charge on any atom is 0.226 e. The molecule has 31 heavy (non-hydrogen) atoms. The van der Waals surface area contributed by atoms with Crippen molar-refractivity contribution in [2.24, 2.45) is 0 Å². The van der Waals surface area contributed by atoms with Crippen LogP contribution in [0.4, 0.5) is 0 Å². The van der Waals surface area contributed by atoms with Gasteiger partial charge >= 0.3 is 0 Å². The average molecular weight is 409 g/mol. The molecule has 0 aliphatic rings. The van der Waals surface area contributed by atoms with E-state index in [0.717, 1.165) is 28.0 Å². The summed E-state index contributed by atoms with van der Waals surface area (Å²) in [6.45, 7) is 0.389. The first kappa shape index (κ1) is 18.7. The Balaban J connectivity index is 1.19. The number of amides is 1. The molecule has 7 nitrogen and oxygen atoms in total. The van der Waals surface area contributed by atoms with Crippen molar-refractivity contribution in [1.82, 2.24) is 24.8 Å². The van der Waals surface area contributed by atoms with Crippen LogP contribution in [0, 0.1) is 0 Å². The van der Waals surface area contributed by atoms with Crippen molar-refractivity contribution in [3.8, 4) is 17.3 Å². The summed E-state index contributed by atoms with van der Waals surface area (Å²) in [6, 6.07) is 21.4. The zero-order valence-corrected chi connectivity index (χ0v) is 16.6. The molecule has 0 radical (unpaired) electrons. The Morgan fingerprint density at radius 3 is 2.65 bits per heavy atom. The summed E-state index contributed by atoms with van der Waals surface area (Å²) in [5, 5.41) is 2.90. The van der Waals surface area contributed by atoms with Crippen LogP contribution in [0.15, 0.2) is 89.9 Å². The van der Waals surface area contributed by atoms with Crippen LogP contribution in [0.3, 0.4) is 0 Å². The van der Waals surface area contributed by atoms with Crippen molar-refractivity contribution in [2.75, 3.05) is 0 Å². The third kappa shape index (κ3) is 4.06. The number of pyridine rings is 1. The number of hydrogen-bond donors (Lipinski definition) is 1. The summed E-state index contributed by atoms with van der Waals surface area (Å²) in [4.78, 5) is 25.6. The fraction of sp³-hybridized carbons (Fsp3) is 0.0833. The van der Waals surface area contributed by atoms with Gasteiger partial charge in [0.25, 0.3) is 0 Å². The van der Waals surface area contributed by atoms with Crippen LogP contribution in [-0.2, 0) is 17.8 Å². The van der Waals surface area contributed by atoms with E-state index in [0.29, 0.717) is 18.1 Å². The minimum Gasteiger partial charge on any atom is -0.444 e. The Bertz CT molecular complexity index is 1320. The number of rotatable bonds is 6. The molecule has 152 valence electrons. The van der Waals surface area contributed by atoms with E-state index in [1.165, 1.54) is 6.26 Å². The number of para-hydroxylation sites is 2. The molecule has 0 aliphatic carbocycles. The third-order valence-electron chi connectivity index (χ3n) is 4.91. The van der Waals surface area contributed by atoms with Crippen molar-refractivity contribution in [1.29, 1.82) is 0 Å². The van der Waals surface area contributed by atoms with Gasteiger partial charge in [0.15, 0.2) is 0 Å². The predicted molar refractivity (Wildman–Crippen MR) is 116 cm³/mol. The average Bonchev–Trinajstić information content (AvgIpc) is 3.46. The molecule has 0 saturated heterocycles. The molecule has 0 saturated carbocycles. The van der Waals surface area contributed by atoms with Gasteiger partial charge in [-0.2, -0.15) is 0 Å². The van der Waals surface area contributed by atoms with Gasteiger partial charge in [0.05, 0.1) is 23.1 Å². The molecule has 7 heteroatoms. The minimum absolute atomic E-state index is 0.127. The Kier molecular flexibility index (Phi) is 4.98. The van der Waals surface area contributed by atoms with Crippen LogP contribution in [0.25, 0.3) is 28.3 Å². The second-order valence-corrected chi connectivity index (χ2v) is 7.09. The van der Waals surface area contributed by atoms with Crippen molar-refractivity contribution in [3.05, 3.63) is 96.8 Å². The van der Waals surface area contributed by atoms with Gasteiger partial charge in [-0.05, 0) is 35.9 Å². The monoisotopic (exact) mass is 409 g/mol. The lowest BCUT2D eigenvalue weighted by Gasteiger charge is -2.06. The van der Waals surface area contributed by atoms with Crippen molar-refractivity contribution in [3.63, 3.8) is 0 Å². The molecule has 2 aromatic carbocycles. The standard InChI is InChI=1S/C24H19N5O2/c30-23(12-19-15-31-24(28-19)18-6-2-1-3-7-18)26-14-17-10-11-22(25-13-17)29-16-27-20-8-4-5-9-21(20)29/h1-11,13,15-16H,12,14H2,(H,26,30). The molecule has 0 aliphatic heterocycles. The topological polar surface area (TPSA) is 85.8 Å². The number of nitrogens with one attached hydrogen (secondary N) is 1. The first-order valence-electron chi connectivity index (χ1n) is 9.90. The van der Waals surface area contributed by atoms with Gasteiger partial charge in [-0.3, -0.25) is 9.36 Å². The number of nitrogens with zero attached hydrogens (tertiary/aromatic N) is 4. The highest BCUT2D eigenvalue weighted by molar-refractivity contribution is 5.78. The maximum atomic E-state index is 12.3. The fourth-order valence-electron chi connectivity index (χ4n) is 3.33. The summed E-state index contributed by atoms with van der Waals surface area (Å²) in [5.74, 6) is 1.16. The molecule has 1 N–H and O–H groups in total. The Labute approximate surface area is 178 Å². The number of benzene rings is 2. The Hall–Kier alpha value is -4.26. The highest BCUT2D eigenvalue weighted by Crippen LogP contribution is 2.18. The van der Waals surface area contributed by atoms with Crippen molar-refractivity contribution < 1.29 is 9.21 Å². The van der Waals surface area contributed by atoms with E-state index in [1.807, 2.05) is 71.3 Å². The lowest BCUT2D eigenvalue weighted by atomic mass is 10.2. The smallest absolute Gasteiger partial charge is 0.226 e. The molecule has 1 amide bonds. The van der Waals surface area contributed by atoms with Gasteiger partial charge in [0.1, 0.15) is 18.4 Å². The maximum absolute atomic E-state index is 12.3. The van der Waals surface area contributed by atoms with Crippen molar-refractivity contribution in [2.45, 2.75) is 13.0 Å². The number of carbonyl (C=O) groups excluding carboxylic acids is 1. The van der Waals surface area contributed by atoms with Gasteiger partial charge in [-0.25, -0.2) is 15.0 Å². The molecule has 0 atom stereocenters. The lowest BCUT2D eigenvalue weighted by molar-refractivity contribution is -0.120. The van der Waals surface area contributed by atoms with Gasteiger partial charge in [0, 0.05) is 18.3 Å². The van der Waals surface area contributed by atoms with Gasteiger partial charge in [0.2, 0.25) is 11.8 Å². The SMILES string of the molecule is O=C(Cc1coc(-c2ccccc2)n1)NCc1ccc(-n2cnc3ccccc32)nc1. The van der Waals surface area contributed by atoms with Crippen LogP contribution in [-0.4, -0.2) is 25.4 Å². The second kappa shape index (κ2) is 8.23. The van der Waals surface area contributed by atoms with Crippen LogP contribution < -0.4 is 5.32 Å². The van der Waals surface area contributed by atoms with E-state index in [2.05, 4.69) is 20.3 Å². The number of aromatic nitrogens is 4.